The molecule has 4 rings (SSSR count). The van der Waals surface area contributed by atoms with E-state index in [0.717, 1.165) is 37.7 Å². The predicted molar refractivity (Wildman–Crippen MR) is 117 cm³/mol. The summed E-state index contributed by atoms with van der Waals surface area (Å²) < 4.78 is 74.7. The van der Waals surface area contributed by atoms with Crippen molar-refractivity contribution in [2.75, 3.05) is 49.1 Å². The van der Waals surface area contributed by atoms with Crippen LogP contribution >= 0.6 is 0 Å². The summed E-state index contributed by atoms with van der Waals surface area (Å²) in [6, 6.07) is 0.824. The Kier molecular flexibility index (Phi) is 8.40. The summed E-state index contributed by atoms with van der Waals surface area (Å²) in [5.41, 5.74) is -3.25. The summed E-state index contributed by atoms with van der Waals surface area (Å²) in [5.74, 6) is 0.445. The molecule has 0 atom stereocenters. The molecule has 0 radical (unpaired) electrons. The second-order valence-electron chi connectivity index (χ2n) is 8.28. The molecule has 9 nitrogen and oxygen atoms in total. The van der Waals surface area contributed by atoms with Crippen molar-refractivity contribution in [2.24, 2.45) is 0 Å². The third kappa shape index (κ3) is 7.07. The number of rotatable bonds is 2. The highest BCUT2D eigenvalue weighted by molar-refractivity contribution is 5.73. The van der Waals surface area contributed by atoms with Crippen LogP contribution in [-0.2, 0) is 17.1 Å². The van der Waals surface area contributed by atoms with Crippen molar-refractivity contribution in [1.82, 2.24) is 25.1 Å². The van der Waals surface area contributed by atoms with Gasteiger partial charge in [-0.15, -0.1) is 0 Å². The summed E-state index contributed by atoms with van der Waals surface area (Å²) in [4.78, 5) is 34.9. The fourth-order valence-corrected chi connectivity index (χ4v) is 3.74. The number of carbonyl (C=O) groups is 1. The summed E-state index contributed by atoms with van der Waals surface area (Å²) in [7, 11) is 0. The molecule has 15 heteroatoms. The molecule has 1 N–H and O–H groups in total. The molecule has 0 spiro atoms. The van der Waals surface area contributed by atoms with E-state index in [1.54, 1.807) is 14.7 Å². The predicted octanol–water partition coefficient (Wildman–Crippen LogP) is 2.94. The first-order valence-corrected chi connectivity index (χ1v) is 11.2. The molecule has 2 fully saturated rings. The molecule has 2 aromatic rings. The average Bonchev–Trinajstić information content (AvgIpc) is 2.84. The van der Waals surface area contributed by atoms with Gasteiger partial charge in [0, 0.05) is 64.7 Å². The van der Waals surface area contributed by atoms with Crippen LogP contribution in [0.4, 0.5) is 38.1 Å². The minimum absolute atomic E-state index is 0.00649. The zero-order valence-corrected chi connectivity index (χ0v) is 19.4. The van der Waals surface area contributed by atoms with E-state index in [4.69, 9.17) is 0 Å². The molecule has 36 heavy (non-hydrogen) atoms. The number of aromatic nitrogens is 4. The van der Waals surface area contributed by atoms with Crippen LogP contribution in [0.2, 0.25) is 0 Å². The second kappa shape index (κ2) is 11.1. The van der Waals surface area contributed by atoms with Crippen LogP contribution in [0.25, 0.3) is 0 Å². The molecule has 0 aliphatic carbocycles. The maximum absolute atomic E-state index is 12.5. The van der Waals surface area contributed by atoms with Crippen molar-refractivity contribution in [1.29, 1.82) is 0 Å². The fraction of sp³-hybridized carbons (Fsp3) is 0.571. The van der Waals surface area contributed by atoms with Crippen molar-refractivity contribution >= 4 is 17.7 Å². The second-order valence-corrected chi connectivity index (χ2v) is 8.28. The van der Waals surface area contributed by atoms with Crippen LogP contribution in [0.3, 0.4) is 0 Å². The lowest BCUT2D eigenvalue weighted by Crippen LogP contribution is -2.48. The number of amides is 1. The quantitative estimate of drug-likeness (QED) is 0.607. The Bertz CT molecular complexity index is 1070. The lowest BCUT2D eigenvalue weighted by Gasteiger charge is -2.34. The van der Waals surface area contributed by atoms with E-state index in [9.17, 15) is 35.9 Å². The van der Waals surface area contributed by atoms with Gasteiger partial charge in [-0.2, -0.15) is 31.4 Å². The number of hydrogen-bond donors (Lipinski definition) is 1. The van der Waals surface area contributed by atoms with E-state index in [-0.39, 0.29) is 17.7 Å². The van der Waals surface area contributed by atoms with E-state index < -0.39 is 29.0 Å². The van der Waals surface area contributed by atoms with Gasteiger partial charge in [0.1, 0.15) is 11.4 Å². The van der Waals surface area contributed by atoms with Gasteiger partial charge in [-0.05, 0) is 19.3 Å². The van der Waals surface area contributed by atoms with E-state index >= 15 is 0 Å². The number of H-pyrrole nitrogens is 1. The highest BCUT2D eigenvalue weighted by Gasteiger charge is 2.35. The van der Waals surface area contributed by atoms with E-state index in [2.05, 4.69) is 15.1 Å². The summed E-state index contributed by atoms with van der Waals surface area (Å²) in [6.07, 6.45) is -4.57. The first-order chi connectivity index (χ1) is 16.9. The van der Waals surface area contributed by atoms with Crippen LogP contribution in [0.1, 0.15) is 37.3 Å². The number of piperazine rings is 1. The molecule has 198 valence electrons. The van der Waals surface area contributed by atoms with Crippen molar-refractivity contribution in [3.63, 3.8) is 0 Å². The minimum atomic E-state index is -4.64. The van der Waals surface area contributed by atoms with Crippen molar-refractivity contribution < 1.29 is 31.1 Å². The van der Waals surface area contributed by atoms with Gasteiger partial charge in [-0.25, -0.2) is 15.1 Å². The van der Waals surface area contributed by atoms with E-state index in [0.29, 0.717) is 39.3 Å². The number of aromatic amines is 1. The number of carbonyl (C=O) groups excluding carboxylic acids is 1. The van der Waals surface area contributed by atoms with Gasteiger partial charge in [0.25, 0.3) is 5.56 Å². The standard InChI is InChI=1S/C11H13F3N4O.C10H12F3N3O/c1-8(19)17-2-4-18(5-3-17)10-15-6-9(7-16-10)11(12,13)14;11-10(12,13)7-6-8(14-15-9(7)17)16-4-2-1-3-5-16/h6-7H,2-5H2,1H3;6H,1-5H2,(H,15,17). The van der Waals surface area contributed by atoms with Gasteiger partial charge in [-0.1, -0.05) is 0 Å². The molecule has 1 amide bonds. The van der Waals surface area contributed by atoms with Gasteiger partial charge in [0.05, 0.1) is 5.56 Å². The molecule has 2 aromatic heterocycles. The number of halogens is 6. The topological polar surface area (TPSA) is 98.3 Å². The average molecular weight is 521 g/mol. The Morgan fingerprint density at radius 3 is 1.94 bits per heavy atom. The summed E-state index contributed by atoms with van der Waals surface area (Å²) in [6.45, 7) is 4.94. The van der Waals surface area contributed by atoms with Crippen molar-refractivity contribution in [3.05, 3.63) is 39.9 Å². The fourth-order valence-electron chi connectivity index (χ4n) is 3.74. The molecule has 0 bridgehead atoms. The van der Waals surface area contributed by atoms with Crippen LogP contribution < -0.4 is 15.4 Å². The van der Waals surface area contributed by atoms with E-state index in [1.807, 2.05) is 5.10 Å². The molecular weight excluding hydrogens is 496 g/mol. The molecule has 2 aliphatic rings. The largest absolute Gasteiger partial charge is 0.421 e. The number of piperidine rings is 1. The molecule has 2 saturated heterocycles. The zero-order chi connectivity index (χ0) is 26.5. The molecule has 4 heterocycles. The monoisotopic (exact) mass is 521 g/mol. The van der Waals surface area contributed by atoms with Gasteiger partial charge in [-0.3, -0.25) is 9.59 Å². The summed E-state index contributed by atoms with van der Waals surface area (Å²) in [5, 5.41) is 5.57. The Morgan fingerprint density at radius 1 is 0.861 bits per heavy atom. The third-order valence-corrected chi connectivity index (χ3v) is 5.75. The molecule has 0 saturated carbocycles. The normalized spacial score (nSPS) is 16.9. The third-order valence-electron chi connectivity index (χ3n) is 5.75. The van der Waals surface area contributed by atoms with Gasteiger partial charge in [0.2, 0.25) is 11.9 Å². The van der Waals surface area contributed by atoms with Gasteiger partial charge in [0.15, 0.2) is 0 Å². The van der Waals surface area contributed by atoms with Crippen LogP contribution in [0.5, 0.6) is 0 Å². The van der Waals surface area contributed by atoms with E-state index in [1.165, 1.54) is 6.92 Å². The SMILES string of the molecule is CC(=O)N1CCN(c2ncc(C(F)(F)F)cn2)CC1.O=c1[nH]nc(N2CCCCC2)cc1C(F)(F)F. The van der Waals surface area contributed by atoms with Crippen LogP contribution in [-0.4, -0.2) is 70.2 Å². The van der Waals surface area contributed by atoms with Crippen molar-refractivity contribution in [3.8, 4) is 0 Å². The maximum atomic E-state index is 12.5. The number of anilines is 2. The Labute approximate surface area is 202 Å². The molecule has 2 aliphatic heterocycles. The smallest absolute Gasteiger partial charge is 0.355 e. The first-order valence-electron chi connectivity index (χ1n) is 11.2. The number of hydrogen-bond acceptors (Lipinski definition) is 7. The number of nitrogens with zero attached hydrogens (tertiary/aromatic N) is 6. The van der Waals surface area contributed by atoms with Gasteiger partial charge < -0.3 is 14.7 Å². The lowest BCUT2D eigenvalue weighted by atomic mass is 10.1. The maximum Gasteiger partial charge on any atom is 0.421 e. The minimum Gasteiger partial charge on any atom is -0.355 e. The highest BCUT2D eigenvalue weighted by atomic mass is 19.4. The zero-order valence-electron chi connectivity index (χ0n) is 19.4. The molecule has 0 aromatic carbocycles. The molecule has 0 unspecified atom stereocenters. The number of alkyl halides is 6. The number of nitrogens with one attached hydrogen (secondary N) is 1. The first kappa shape index (κ1) is 27.2. The Balaban J connectivity index is 0.000000202. The Morgan fingerprint density at radius 2 is 1.44 bits per heavy atom. The van der Waals surface area contributed by atoms with Crippen molar-refractivity contribution in [2.45, 2.75) is 38.5 Å². The Hall–Kier alpha value is -3.39. The van der Waals surface area contributed by atoms with Gasteiger partial charge >= 0.3 is 12.4 Å². The van der Waals surface area contributed by atoms with Crippen LogP contribution in [0, 0.1) is 0 Å². The lowest BCUT2D eigenvalue weighted by molar-refractivity contribution is -0.139. The molecular formula is C21H25F6N7O2. The highest BCUT2D eigenvalue weighted by Crippen LogP contribution is 2.29. The summed E-state index contributed by atoms with van der Waals surface area (Å²) >= 11 is 0. The van der Waals surface area contributed by atoms with Crippen LogP contribution in [0.15, 0.2) is 23.3 Å².